The van der Waals surface area contributed by atoms with Gasteiger partial charge in [-0.1, -0.05) is 33.2 Å². The van der Waals surface area contributed by atoms with Crippen LogP contribution in [0.5, 0.6) is 17.2 Å². The minimum absolute atomic E-state index is 0.00207. The smallest absolute Gasteiger partial charge is 0.338 e. The minimum Gasteiger partial charge on any atom is -0.507 e. The lowest BCUT2D eigenvalue weighted by molar-refractivity contribution is 0.0600. The highest BCUT2D eigenvalue weighted by atomic mass is 79.9. The number of halogens is 1. The van der Waals surface area contributed by atoms with Crippen molar-refractivity contribution >= 4 is 48.7 Å². The van der Waals surface area contributed by atoms with Gasteiger partial charge in [-0.3, -0.25) is 0 Å². The van der Waals surface area contributed by atoms with Crippen LogP contribution in [0.1, 0.15) is 23.2 Å². The average Bonchev–Trinajstić information content (AvgIpc) is 3.28. The third-order valence-corrected chi connectivity index (χ3v) is 7.37. The van der Waals surface area contributed by atoms with E-state index in [0.29, 0.717) is 13.0 Å². The maximum absolute atomic E-state index is 14.0. The number of phenolic OH excluding ortho intramolecular Hbond substituents is 1. The number of methoxy groups -OCH3 is 2. The normalized spacial score (nSPS) is 11.3. The number of esters is 1. The number of anilines is 1. The average molecular weight is 569 g/mol. The van der Waals surface area contributed by atoms with Gasteiger partial charge in [0.25, 0.3) is 10.0 Å². The van der Waals surface area contributed by atoms with Crippen LogP contribution in [0.2, 0.25) is 0 Å². The molecule has 3 rings (SSSR count). The molecule has 0 radical (unpaired) electrons. The fourth-order valence-electron chi connectivity index (χ4n) is 3.37. The van der Waals surface area contributed by atoms with Crippen molar-refractivity contribution in [2.24, 2.45) is 0 Å². The predicted molar refractivity (Wildman–Crippen MR) is 133 cm³/mol. The fourth-order valence-corrected chi connectivity index (χ4v) is 5.43. The van der Waals surface area contributed by atoms with E-state index in [1.807, 2.05) is 0 Å². The number of rotatable bonds is 12. The first-order valence-electron chi connectivity index (χ1n) is 10.5. The topological polar surface area (TPSA) is 128 Å². The van der Waals surface area contributed by atoms with Crippen LogP contribution >= 0.6 is 15.9 Å². The molecule has 1 heterocycles. The van der Waals surface area contributed by atoms with Crippen LogP contribution in [0.25, 0.3) is 11.0 Å². The zero-order valence-electron chi connectivity index (χ0n) is 19.2. The first kappa shape index (κ1) is 26.4. The van der Waals surface area contributed by atoms with Crippen molar-refractivity contribution in [3.05, 3.63) is 48.6 Å². The molecule has 0 fully saturated rings. The standard InChI is InChI=1S/C23H25BrN2O8S/c1-4-11-26(22-20-16(27)13-15(23(28)32-3)14-19(20)34-25-22)35(29,30)21-17(31-2)8-7-9-18(21)33-12-6-5-10-24/h4,7-9,13-14,27H,1,5-6,10-12H2,2-3H3. The lowest BCUT2D eigenvalue weighted by Gasteiger charge is -2.23. The summed E-state index contributed by atoms with van der Waals surface area (Å²) in [4.78, 5) is 11.7. The van der Waals surface area contributed by atoms with Crippen LogP contribution in [0.3, 0.4) is 0 Å². The Labute approximate surface area is 211 Å². The van der Waals surface area contributed by atoms with Crippen LogP contribution in [-0.4, -0.2) is 57.4 Å². The summed E-state index contributed by atoms with van der Waals surface area (Å²) in [7, 11) is -1.82. The summed E-state index contributed by atoms with van der Waals surface area (Å²) >= 11 is 3.36. The van der Waals surface area contributed by atoms with Gasteiger partial charge in [-0.25, -0.2) is 17.5 Å². The molecule has 0 saturated carbocycles. The van der Waals surface area contributed by atoms with E-state index in [9.17, 15) is 18.3 Å². The number of phenols is 1. The molecule has 1 N–H and O–H groups in total. The molecule has 10 nitrogen and oxygen atoms in total. The van der Waals surface area contributed by atoms with Crippen LogP contribution in [0, 0.1) is 0 Å². The van der Waals surface area contributed by atoms with Gasteiger partial charge in [-0.15, -0.1) is 6.58 Å². The molecule has 35 heavy (non-hydrogen) atoms. The molecule has 0 aliphatic carbocycles. The van der Waals surface area contributed by atoms with E-state index in [0.717, 1.165) is 22.1 Å². The van der Waals surface area contributed by atoms with Gasteiger partial charge >= 0.3 is 5.97 Å². The molecule has 0 saturated heterocycles. The Morgan fingerprint density at radius 1 is 1.26 bits per heavy atom. The molecule has 0 aliphatic rings. The number of aromatic nitrogens is 1. The molecule has 1 aromatic heterocycles. The number of carbonyl (C=O) groups excluding carboxylic acids is 1. The number of alkyl halides is 1. The van der Waals surface area contributed by atoms with Crippen LogP contribution in [0.4, 0.5) is 5.82 Å². The van der Waals surface area contributed by atoms with Crippen LogP contribution in [0.15, 0.2) is 52.4 Å². The molecule has 0 unspecified atom stereocenters. The summed E-state index contributed by atoms with van der Waals surface area (Å²) in [5, 5.41) is 15.3. The van der Waals surface area contributed by atoms with E-state index < -0.39 is 21.7 Å². The number of hydrogen-bond acceptors (Lipinski definition) is 9. The predicted octanol–water partition coefficient (Wildman–Crippen LogP) is 4.26. The SMILES string of the molecule is C=CCN(c1noc2cc(C(=O)OC)cc(O)c12)S(=O)(=O)c1c(OC)cccc1OCCCCBr. The zero-order valence-corrected chi connectivity index (χ0v) is 21.6. The van der Waals surface area contributed by atoms with E-state index in [4.69, 9.17) is 14.0 Å². The van der Waals surface area contributed by atoms with Crippen molar-refractivity contribution in [2.45, 2.75) is 17.7 Å². The summed E-state index contributed by atoms with van der Waals surface area (Å²) in [5.41, 5.74) is 0.0122. The maximum Gasteiger partial charge on any atom is 0.338 e. The molecule has 12 heteroatoms. The van der Waals surface area contributed by atoms with Gasteiger partial charge in [0.2, 0.25) is 0 Å². The summed E-state index contributed by atoms with van der Waals surface area (Å²) in [6.45, 7) is 3.74. The minimum atomic E-state index is -4.36. The number of sulfonamides is 1. The third kappa shape index (κ3) is 5.38. The molecule has 0 spiro atoms. The maximum atomic E-state index is 14.0. The summed E-state index contributed by atoms with van der Waals surface area (Å²) in [5.74, 6) is -1.12. The Hall–Kier alpha value is -3.25. The highest BCUT2D eigenvalue weighted by molar-refractivity contribution is 9.09. The number of unbranched alkanes of at least 4 members (excludes halogenated alkanes) is 1. The lowest BCUT2D eigenvalue weighted by atomic mass is 10.1. The molecule has 0 aliphatic heterocycles. The lowest BCUT2D eigenvalue weighted by Crippen LogP contribution is -2.32. The second-order valence-corrected chi connectivity index (χ2v) is 9.82. The van der Waals surface area contributed by atoms with Crippen molar-refractivity contribution in [3.8, 4) is 17.2 Å². The van der Waals surface area contributed by atoms with Gasteiger partial charge in [0.1, 0.15) is 22.6 Å². The van der Waals surface area contributed by atoms with Gasteiger partial charge in [0.15, 0.2) is 16.3 Å². The highest BCUT2D eigenvalue weighted by Gasteiger charge is 2.35. The first-order chi connectivity index (χ1) is 16.8. The van der Waals surface area contributed by atoms with Crippen molar-refractivity contribution in [2.75, 3.05) is 37.0 Å². The molecular weight excluding hydrogens is 544 g/mol. The zero-order chi connectivity index (χ0) is 25.6. The largest absolute Gasteiger partial charge is 0.507 e. The van der Waals surface area contributed by atoms with E-state index in [1.165, 1.54) is 38.5 Å². The second kappa shape index (κ2) is 11.5. The number of aromatic hydroxyl groups is 1. The van der Waals surface area contributed by atoms with Gasteiger partial charge in [0.05, 0.1) is 32.9 Å². The molecular formula is C23H25BrN2O8S. The Morgan fingerprint density at radius 2 is 2.00 bits per heavy atom. The molecule has 0 bridgehead atoms. The Bertz CT molecular complexity index is 1320. The van der Waals surface area contributed by atoms with Crippen molar-refractivity contribution < 1.29 is 37.1 Å². The van der Waals surface area contributed by atoms with Crippen LogP contribution < -0.4 is 13.8 Å². The number of hydrogen-bond donors (Lipinski definition) is 1. The summed E-state index contributed by atoms with van der Waals surface area (Å²) < 4.78 is 49.9. The van der Waals surface area contributed by atoms with E-state index in [2.05, 4.69) is 32.4 Å². The highest BCUT2D eigenvalue weighted by Crippen LogP contribution is 2.41. The van der Waals surface area contributed by atoms with Gasteiger partial charge in [-0.05, 0) is 37.1 Å². The number of benzene rings is 2. The van der Waals surface area contributed by atoms with Gasteiger partial charge in [0, 0.05) is 5.33 Å². The Morgan fingerprint density at radius 3 is 2.66 bits per heavy atom. The monoisotopic (exact) mass is 568 g/mol. The van der Waals surface area contributed by atoms with Crippen molar-refractivity contribution in [3.63, 3.8) is 0 Å². The van der Waals surface area contributed by atoms with Crippen molar-refractivity contribution in [1.82, 2.24) is 5.16 Å². The number of carbonyl (C=O) groups is 1. The van der Waals surface area contributed by atoms with Crippen molar-refractivity contribution in [1.29, 1.82) is 0 Å². The van der Waals surface area contributed by atoms with Crippen LogP contribution in [-0.2, 0) is 14.8 Å². The Kier molecular flexibility index (Phi) is 8.62. The van der Waals surface area contributed by atoms with E-state index in [1.54, 1.807) is 6.07 Å². The number of nitrogens with zero attached hydrogens (tertiary/aromatic N) is 2. The quantitative estimate of drug-likeness (QED) is 0.147. The summed E-state index contributed by atoms with van der Waals surface area (Å²) in [6, 6.07) is 7.12. The number of fused-ring (bicyclic) bond motifs is 1. The summed E-state index contributed by atoms with van der Waals surface area (Å²) in [6.07, 6.45) is 2.93. The second-order valence-electron chi connectivity index (χ2n) is 7.22. The van der Waals surface area contributed by atoms with Gasteiger partial charge < -0.3 is 23.8 Å². The fraction of sp³-hybridized carbons (Fsp3) is 0.304. The third-order valence-electron chi connectivity index (χ3n) is 4.98. The van der Waals surface area contributed by atoms with E-state index >= 15 is 0 Å². The first-order valence-corrected chi connectivity index (χ1v) is 13.1. The number of ether oxygens (including phenoxy) is 3. The van der Waals surface area contributed by atoms with E-state index in [-0.39, 0.29) is 45.3 Å². The molecule has 188 valence electrons. The Balaban J connectivity index is 2.15. The molecule has 2 aromatic carbocycles. The molecule has 3 aromatic rings. The molecule has 0 amide bonds. The van der Waals surface area contributed by atoms with Gasteiger partial charge in [-0.2, -0.15) is 0 Å². The molecule has 0 atom stereocenters.